The minimum Gasteiger partial charge on any atom is -0.0588 e. The Morgan fingerprint density at radius 3 is 2.12 bits per heavy atom. The summed E-state index contributed by atoms with van der Waals surface area (Å²) in [5, 5.41) is 0. The van der Waals surface area contributed by atoms with Gasteiger partial charge < -0.3 is 0 Å². The molecule has 0 aromatic heterocycles. The Hall–Kier alpha value is 0. The van der Waals surface area contributed by atoms with Gasteiger partial charge in [0, 0.05) is 0 Å². The first-order chi connectivity index (χ1) is 8.31. The van der Waals surface area contributed by atoms with E-state index in [4.69, 9.17) is 0 Å². The van der Waals surface area contributed by atoms with E-state index in [-0.39, 0.29) is 0 Å². The Morgan fingerprint density at radius 1 is 0.765 bits per heavy atom. The van der Waals surface area contributed by atoms with E-state index in [2.05, 4.69) is 13.3 Å². The molecule has 1 atom stereocenters. The molecule has 0 aromatic rings. The molecule has 0 N–H and O–H groups in total. The summed E-state index contributed by atoms with van der Waals surface area (Å²) in [6.45, 7) is 2.52. The van der Waals surface area contributed by atoms with Crippen molar-refractivity contribution in [3.05, 3.63) is 6.42 Å². The number of hydrogen-bond acceptors (Lipinski definition) is 0. The van der Waals surface area contributed by atoms with Gasteiger partial charge in [0.25, 0.3) is 0 Å². The molecule has 0 aliphatic heterocycles. The standard InChI is InChI=1S/C17H30/c1-17(14-10-6-3-7-11-15-17)16-12-8-4-2-5-9-13-16/h16H,2-14H2,1H3. The molecule has 2 aliphatic carbocycles. The van der Waals surface area contributed by atoms with E-state index in [1.54, 1.807) is 0 Å². The highest BCUT2D eigenvalue weighted by molar-refractivity contribution is 4.95. The monoisotopic (exact) mass is 234 g/mol. The predicted octanol–water partition coefficient (Wildman–Crippen LogP) is 5.79. The largest absolute Gasteiger partial charge is 0.0588 e. The summed E-state index contributed by atoms with van der Waals surface area (Å²) >= 11 is 0. The summed E-state index contributed by atoms with van der Waals surface area (Å²) in [5.74, 6) is 0.945. The average Bonchev–Trinajstić information content (AvgIpc) is 2.23. The van der Waals surface area contributed by atoms with Crippen LogP contribution in [0.5, 0.6) is 0 Å². The predicted molar refractivity (Wildman–Crippen MR) is 74.9 cm³/mol. The van der Waals surface area contributed by atoms with Crippen LogP contribution in [0.2, 0.25) is 0 Å². The van der Waals surface area contributed by atoms with Crippen LogP contribution >= 0.6 is 0 Å². The number of rotatable bonds is 1. The van der Waals surface area contributed by atoms with Gasteiger partial charge in [0.1, 0.15) is 0 Å². The Bertz CT molecular complexity index is 190. The number of hydrogen-bond donors (Lipinski definition) is 0. The van der Waals surface area contributed by atoms with E-state index in [0.717, 1.165) is 5.92 Å². The zero-order valence-electron chi connectivity index (χ0n) is 11.8. The first-order valence-electron chi connectivity index (χ1n) is 8.06. The van der Waals surface area contributed by atoms with Gasteiger partial charge in [-0.1, -0.05) is 64.7 Å². The highest BCUT2D eigenvalue weighted by Gasteiger charge is 2.33. The van der Waals surface area contributed by atoms with E-state index in [1.165, 1.54) is 83.5 Å². The van der Waals surface area contributed by atoms with Gasteiger partial charge in [-0.15, -0.1) is 0 Å². The van der Waals surface area contributed by atoms with Crippen molar-refractivity contribution in [2.75, 3.05) is 0 Å². The SMILES string of the molecule is CC1(C2CCCCCCC2)[C]CCCCCC1. The van der Waals surface area contributed by atoms with Gasteiger partial charge >= 0.3 is 0 Å². The van der Waals surface area contributed by atoms with Crippen molar-refractivity contribution in [2.24, 2.45) is 11.3 Å². The van der Waals surface area contributed by atoms with Crippen molar-refractivity contribution in [1.82, 2.24) is 0 Å². The minimum atomic E-state index is 0.456. The fourth-order valence-corrected chi connectivity index (χ4v) is 3.87. The van der Waals surface area contributed by atoms with E-state index in [1.807, 2.05) is 0 Å². The highest BCUT2D eigenvalue weighted by atomic mass is 14.4. The van der Waals surface area contributed by atoms with Crippen LogP contribution in [0.15, 0.2) is 0 Å². The van der Waals surface area contributed by atoms with Crippen LogP contribution in [0.4, 0.5) is 0 Å². The second-order valence-electron chi connectivity index (χ2n) is 6.55. The Balaban J connectivity index is 1.94. The van der Waals surface area contributed by atoms with E-state index < -0.39 is 0 Å². The first kappa shape index (κ1) is 13.4. The molecular formula is C17H30. The third-order valence-corrected chi connectivity index (χ3v) is 5.16. The van der Waals surface area contributed by atoms with Crippen LogP contribution in [0.25, 0.3) is 0 Å². The molecule has 0 heterocycles. The summed E-state index contributed by atoms with van der Waals surface area (Å²) in [7, 11) is 0. The van der Waals surface area contributed by atoms with Crippen LogP contribution in [0.3, 0.4) is 0 Å². The lowest BCUT2D eigenvalue weighted by atomic mass is 9.65. The second kappa shape index (κ2) is 6.81. The summed E-state index contributed by atoms with van der Waals surface area (Å²) in [5.41, 5.74) is 0.456. The maximum atomic E-state index is 3.92. The molecule has 17 heavy (non-hydrogen) atoms. The molecule has 0 spiro atoms. The third-order valence-electron chi connectivity index (χ3n) is 5.16. The quantitative estimate of drug-likeness (QED) is 0.539. The highest BCUT2D eigenvalue weighted by Crippen LogP contribution is 2.44. The molecule has 2 rings (SSSR count). The molecule has 1 unspecified atom stereocenters. The van der Waals surface area contributed by atoms with E-state index in [9.17, 15) is 0 Å². The Kier molecular flexibility index (Phi) is 5.38. The molecule has 0 saturated heterocycles. The van der Waals surface area contributed by atoms with Gasteiger partial charge in [0.15, 0.2) is 0 Å². The topological polar surface area (TPSA) is 0 Å². The molecule has 0 heteroatoms. The molecule has 2 aliphatic rings. The van der Waals surface area contributed by atoms with E-state index in [0.29, 0.717) is 5.41 Å². The van der Waals surface area contributed by atoms with Crippen molar-refractivity contribution >= 4 is 0 Å². The molecular weight excluding hydrogens is 204 g/mol. The van der Waals surface area contributed by atoms with Crippen molar-refractivity contribution in [3.63, 3.8) is 0 Å². The van der Waals surface area contributed by atoms with Crippen LogP contribution in [0.1, 0.15) is 90.4 Å². The first-order valence-corrected chi connectivity index (χ1v) is 8.06. The second-order valence-corrected chi connectivity index (χ2v) is 6.55. The van der Waals surface area contributed by atoms with Crippen LogP contribution in [-0.4, -0.2) is 0 Å². The van der Waals surface area contributed by atoms with Crippen LogP contribution in [0, 0.1) is 17.8 Å². The zero-order valence-corrected chi connectivity index (χ0v) is 11.8. The fraction of sp³-hybridized carbons (Fsp3) is 0.941. The molecule has 0 bridgehead atoms. The summed E-state index contributed by atoms with van der Waals surface area (Å²) in [4.78, 5) is 0. The minimum absolute atomic E-state index is 0.456. The molecule has 2 fully saturated rings. The maximum Gasteiger partial charge on any atom is -0.0106 e. The van der Waals surface area contributed by atoms with Gasteiger partial charge in [-0.25, -0.2) is 0 Å². The summed E-state index contributed by atoms with van der Waals surface area (Å²) in [6.07, 6.45) is 22.7. The lowest BCUT2D eigenvalue weighted by molar-refractivity contribution is 0.157. The van der Waals surface area contributed by atoms with Crippen molar-refractivity contribution in [3.8, 4) is 0 Å². The maximum absolute atomic E-state index is 3.92. The molecule has 0 nitrogen and oxygen atoms in total. The van der Waals surface area contributed by atoms with Crippen LogP contribution < -0.4 is 0 Å². The summed E-state index contributed by atoms with van der Waals surface area (Å²) < 4.78 is 0. The smallest absolute Gasteiger partial charge is 0.0106 e. The van der Waals surface area contributed by atoms with Gasteiger partial charge in [0.2, 0.25) is 0 Å². The molecule has 2 radical (unpaired) electrons. The average molecular weight is 234 g/mol. The van der Waals surface area contributed by atoms with Crippen LogP contribution in [-0.2, 0) is 0 Å². The molecule has 98 valence electrons. The zero-order chi connectivity index (χ0) is 12.0. The van der Waals surface area contributed by atoms with Gasteiger partial charge in [-0.05, 0) is 43.4 Å². The molecule has 2 saturated carbocycles. The van der Waals surface area contributed by atoms with Gasteiger partial charge in [0.05, 0.1) is 0 Å². The van der Waals surface area contributed by atoms with E-state index >= 15 is 0 Å². The van der Waals surface area contributed by atoms with Crippen molar-refractivity contribution in [2.45, 2.75) is 90.4 Å². The lowest BCUT2D eigenvalue weighted by Crippen LogP contribution is -2.29. The lowest BCUT2D eigenvalue weighted by Gasteiger charge is -2.40. The normalized spacial score (nSPS) is 28.8. The molecule has 0 aromatic carbocycles. The van der Waals surface area contributed by atoms with Crippen molar-refractivity contribution < 1.29 is 0 Å². The van der Waals surface area contributed by atoms with Gasteiger partial charge in [-0.2, -0.15) is 0 Å². The third kappa shape index (κ3) is 4.00. The Morgan fingerprint density at radius 2 is 1.35 bits per heavy atom. The van der Waals surface area contributed by atoms with Gasteiger partial charge in [-0.3, -0.25) is 0 Å². The van der Waals surface area contributed by atoms with Crippen molar-refractivity contribution in [1.29, 1.82) is 0 Å². The molecule has 0 amide bonds. The Labute approximate surface area is 109 Å². The fourth-order valence-electron chi connectivity index (χ4n) is 3.87. The summed E-state index contributed by atoms with van der Waals surface area (Å²) in [6, 6.07) is 0.